The van der Waals surface area contributed by atoms with Gasteiger partial charge in [0.1, 0.15) is 3.70 Å². The van der Waals surface area contributed by atoms with Crippen molar-refractivity contribution >= 4 is 33.5 Å². The molecule has 3 heterocycles. The first-order chi connectivity index (χ1) is 14.1. The smallest absolute Gasteiger partial charge is 0.162 e. The van der Waals surface area contributed by atoms with Gasteiger partial charge in [0.05, 0.1) is 31.1 Å². The minimum atomic E-state index is -0.0172. The molecule has 1 aromatic carbocycles. The number of hydrogen-bond donors (Lipinski definition) is 0. The Morgan fingerprint density at radius 1 is 1.24 bits per heavy atom. The van der Waals surface area contributed by atoms with E-state index in [9.17, 15) is 0 Å². The van der Waals surface area contributed by atoms with E-state index in [1.807, 2.05) is 30.7 Å². The Hall–Kier alpha value is -1.94. The van der Waals surface area contributed by atoms with Crippen LogP contribution in [0.3, 0.4) is 0 Å². The molecule has 3 aromatic rings. The fraction of sp³-hybridized carbons (Fsp3) is 0.476. The number of halogens is 1. The van der Waals surface area contributed by atoms with Crippen LogP contribution in [0.1, 0.15) is 42.3 Å². The molecule has 0 N–H and O–H groups in total. The largest absolute Gasteiger partial charge is 0.493 e. The van der Waals surface area contributed by atoms with E-state index in [1.54, 1.807) is 13.3 Å². The summed E-state index contributed by atoms with van der Waals surface area (Å²) in [5.74, 6) is 1.42. The van der Waals surface area contributed by atoms with Gasteiger partial charge in [0.15, 0.2) is 17.7 Å². The van der Waals surface area contributed by atoms with Gasteiger partial charge in [0.2, 0.25) is 0 Å². The van der Waals surface area contributed by atoms with Crippen molar-refractivity contribution in [2.24, 2.45) is 0 Å². The highest BCUT2D eigenvalue weighted by atomic mass is 127. The van der Waals surface area contributed by atoms with Gasteiger partial charge in [-0.05, 0) is 72.9 Å². The number of aromatic nitrogens is 4. The van der Waals surface area contributed by atoms with Crippen LogP contribution in [-0.2, 0) is 11.2 Å². The Morgan fingerprint density at radius 2 is 2.10 bits per heavy atom. The molecule has 1 aliphatic heterocycles. The van der Waals surface area contributed by atoms with Crippen LogP contribution in [0.15, 0.2) is 18.3 Å². The van der Waals surface area contributed by atoms with Crippen molar-refractivity contribution in [2.45, 2.75) is 45.8 Å². The third-order valence-electron chi connectivity index (χ3n) is 5.36. The summed E-state index contributed by atoms with van der Waals surface area (Å²) in [5.41, 5.74) is 4.26. The van der Waals surface area contributed by atoms with Gasteiger partial charge in [-0.2, -0.15) is 15.3 Å². The first-order valence-corrected chi connectivity index (χ1v) is 10.9. The molecule has 0 amide bonds. The Morgan fingerprint density at radius 3 is 2.83 bits per heavy atom. The second kappa shape index (κ2) is 8.83. The van der Waals surface area contributed by atoms with E-state index in [-0.39, 0.29) is 6.23 Å². The number of rotatable bonds is 6. The van der Waals surface area contributed by atoms with E-state index in [1.165, 1.54) is 5.56 Å². The maximum atomic E-state index is 6.12. The van der Waals surface area contributed by atoms with Gasteiger partial charge >= 0.3 is 0 Å². The first kappa shape index (κ1) is 20.3. The molecule has 7 nitrogen and oxygen atoms in total. The molecular weight excluding hydrogens is 483 g/mol. The van der Waals surface area contributed by atoms with Gasteiger partial charge in [0.25, 0.3) is 0 Å². The normalized spacial score (nSPS) is 16.9. The van der Waals surface area contributed by atoms with Crippen molar-refractivity contribution < 1.29 is 14.2 Å². The van der Waals surface area contributed by atoms with E-state index in [2.05, 4.69) is 32.8 Å². The summed E-state index contributed by atoms with van der Waals surface area (Å²) in [4.78, 5) is 0. The molecule has 4 rings (SSSR count). The summed E-state index contributed by atoms with van der Waals surface area (Å²) in [5, 5.41) is 13.9. The summed E-state index contributed by atoms with van der Waals surface area (Å²) >= 11 is 2.27. The van der Waals surface area contributed by atoms with Gasteiger partial charge < -0.3 is 14.2 Å². The predicted molar refractivity (Wildman–Crippen MR) is 119 cm³/mol. The van der Waals surface area contributed by atoms with Gasteiger partial charge in [-0.1, -0.05) is 0 Å². The number of hydrogen-bond acceptors (Lipinski definition) is 6. The first-order valence-electron chi connectivity index (χ1n) is 9.86. The molecule has 0 radical (unpaired) electrons. The summed E-state index contributed by atoms with van der Waals surface area (Å²) in [6.45, 7) is 5.34. The Bertz CT molecular complexity index is 995. The van der Waals surface area contributed by atoms with Crippen molar-refractivity contribution in [2.75, 3.05) is 20.3 Å². The Balaban J connectivity index is 1.59. The molecule has 1 atom stereocenters. The highest BCUT2D eigenvalue weighted by molar-refractivity contribution is 14.1. The maximum Gasteiger partial charge on any atom is 0.162 e. The number of fused-ring (bicyclic) bond motifs is 1. The molecule has 1 unspecified atom stereocenters. The van der Waals surface area contributed by atoms with Crippen molar-refractivity contribution in [1.82, 2.24) is 20.0 Å². The fourth-order valence-electron chi connectivity index (χ4n) is 3.78. The number of benzene rings is 1. The van der Waals surface area contributed by atoms with Crippen molar-refractivity contribution in [3.63, 3.8) is 0 Å². The quantitative estimate of drug-likeness (QED) is 0.461. The number of aryl methyl sites for hydroxylation is 2. The molecule has 1 saturated heterocycles. The maximum absolute atomic E-state index is 6.12. The highest BCUT2D eigenvalue weighted by Gasteiger charge is 2.22. The lowest BCUT2D eigenvalue weighted by molar-refractivity contribution is -0.0368. The van der Waals surface area contributed by atoms with Crippen molar-refractivity contribution in [3.05, 3.63) is 38.9 Å². The van der Waals surface area contributed by atoms with E-state index in [0.717, 1.165) is 63.9 Å². The lowest BCUT2D eigenvalue weighted by Gasteiger charge is -2.23. The molecule has 8 heteroatoms. The zero-order valence-corrected chi connectivity index (χ0v) is 19.1. The fourth-order valence-corrected chi connectivity index (χ4v) is 4.45. The molecule has 0 bridgehead atoms. The van der Waals surface area contributed by atoms with Crippen LogP contribution in [-0.4, -0.2) is 40.3 Å². The van der Waals surface area contributed by atoms with Crippen LogP contribution in [0, 0.1) is 17.5 Å². The van der Waals surface area contributed by atoms with E-state index in [4.69, 9.17) is 19.3 Å². The second-order valence-corrected chi connectivity index (χ2v) is 8.29. The minimum Gasteiger partial charge on any atom is -0.493 e. The third-order valence-corrected chi connectivity index (χ3v) is 6.15. The average Bonchev–Trinajstić information content (AvgIpc) is 3.06. The zero-order valence-electron chi connectivity index (χ0n) is 16.9. The number of methoxy groups -OCH3 is 1. The lowest BCUT2D eigenvalue weighted by atomic mass is 10.1. The molecule has 2 aromatic heterocycles. The molecule has 0 spiro atoms. The third kappa shape index (κ3) is 4.18. The van der Waals surface area contributed by atoms with Gasteiger partial charge in [-0.3, -0.25) is 0 Å². The van der Waals surface area contributed by atoms with Crippen LogP contribution >= 0.6 is 22.6 Å². The van der Waals surface area contributed by atoms with Crippen LogP contribution < -0.4 is 9.47 Å². The monoisotopic (exact) mass is 508 g/mol. The van der Waals surface area contributed by atoms with Crippen LogP contribution in [0.2, 0.25) is 0 Å². The number of nitrogens with zero attached hydrogens (tertiary/aromatic N) is 4. The molecule has 29 heavy (non-hydrogen) atoms. The second-order valence-electron chi connectivity index (χ2n) is 7.27. The van der Waals surface area contributed by atoms with Crippen LogP contribution in [0.5, 0.6) is 11.5 Å². The SMILES string of the molecule is COc1cc2c(cc1OCCc1c(C)cnnc1C)c(I)nn2C1CCCCO1. The Labute approximate surface area is 183 Å². The summed E-state index contributed by atoms with van der Waals surface area (Å²) in [6, 6.07) is 4.02. The van der Waals surface area contributed by atoms with E-state index < -0.39 is 0 Å². The van der Waals surface area contributed by atoms with Gasteiger partial charge in [-0.25, -0.2) is 4.68 Å². The van der Waals surface area contributed by atoms with Gasteiger partial charge in [0, 0.05) is 24.5 Å². The van der Waals surface area contributed by atoms with E-state index in [0.29, 0.717) is 12.4 Å². The topological polar surface area (TPSA) is 71.3 Å². The standard InChI is InChI=1S/C21H25IN4O3/c1-13-12-23-24-14(2)15(13)7-9-28-19-10-16-17(11-18(19)27-3)26(25-21(16)22)20-6-4-5-8-29-20/h10-12,20H,4-9H2,1-3H3. The minimum absolute atomic E-state index is 0.0172. The lowest BCUT2D eigenvalue weighted by Crippen LogP contribution is -2.19. The van der Waals surface area contributed by atoms with Gasteiger partial charge in [-0.15, -0.1) is 0 Å². The van der Waals surface area contributed by atoms with Crippen molar-refractivity contribution in [3.8, 4) is 11.5 Å². The number of ether oxygens (including phenoxy) is 3. The summed E-state index contributed by atoms with van der Waals surface area (Å²) in [6.07, 6.45) is 5.78. The summed E-state index contributed by atoms with van der Waals surface area (Å²) < 4.78 is 20.6. The van der Waals surface area contributed by atoms with Crippen LogP contribution in [0.25, 0.3) is 10.9 Å². The van der Waals surface area contributed by atoms with Crippen LogP contribution in [0.4, 0.5) is 0 Å². The Kier molecular flexibility index (Phi) is 6.19. The highest BCUT2D eigenvalue weighted by Crippen LogP contribution is 2.37. The average molecular weight is 508 g/mol. The molecule has 1 fully saturated rings. The molecule has 0 saturated carbocycles. The molecule has 1 aliphatic rings. The molecule has 154 valence electrons. The molecular formula is C21H25IN4O3. The zero-order chi connectivity index (χ0) is 20.4. The molecule has 0 aliphatic carbocycles. The summed E-state index contributed by atoms with van der Waals surface area (Å²) in [7, 11) is 1.66. The van der Waals surface area contributed by atoms with Crippen molar-refractivity contribution in [1.29, 1.82) is 0 Å². The van der Waals surface area contributed by atoms with E-state index >= 15 is 0 Å². The predicted octanol–water partition coefficient (Wildman–Crippen LogP) is 4.38.